The zero-order valence-electron chi connectivity index (χ0n) is 23.9. The highest BCUT2D eigenvalue weighted by molar-refractivity contribution is 6.02. The third kappa shape index (κ3) is 7.73. The standard InChI is InChI=1S/C31H43N5O3/c1-5-22(2)7-6-12-32-24(4)26-19-25-20-28(30(37)34-27-10-8-23(3)9-11-27)31(38)36(29(25)33-21-26)14-13-35-15-17-39-18-16-35/h6-7,12,19-21,23,27H,5,8-11,13-18H2,1-4H3,(H,34,37)/b12-6-,22-7-,32-24?. The molecule has 0 spiro atoms. The second-order valence-electron chi connectivity index (χ2n) is 11.0. The molecule has 210 valence electrons. The molecule has 39 heavy (non-hydrogen) atoms. The van der Waals surface area contributed by atoms with E-state index in [9.17, 15) is 9.59 Å². The summed E-state index contributed by atoms with van der Waals surface area (Å²) in [5.74, 6) is 0.394. The minimum atomic E-state index is -0.293. The lowest BCUT2D eigenvalue weighted by atomic mass is 9.87. The number of ether oxygens (including phenoxy) is 1. The van der Waals surface area contributed by atoms with Gasteiger partial charge in [-0.3, -0.25) is 24.0 Å². The van der Waals surface area contributed by atoms with E-state index in [0.717, 1.165) is 61.9 Å². The van der Waals surface area contributed by atoms with E-state index in [4.69, 9.17) is 9.72 Å². The molecule has 0 aromatic carbocycles. The number of allylic oxidation sites excluding steroid dienone is 3. The maximum atomic E-state index is 13.6. The Morgan fingerprint density at radius 3 is 2.62 bits per heavy atom. The smallest absolute Gasteiger partial charge is 0.265 e. The van der Waals surface area contributed by atoms with E-state index in [0.29, 0.717) is 37.9 Å². The molecule has 2 aromatic heterocycles. The molecule has 0 radical (unpaired) electrons. The van der Waals surface area contributed by atoms with Gasteiger partial charge in [0.2, 0.25) is 0 Å². The summed E-state index contributed by atoms with van der Waals surface area (Å²) >= 11 is 0. The molecule has 8 heteroatoms. The lowest BCUT2D eigenvalue weighted by molar-refractivity contribution is 0.0364. The van der Waals surface area contributed by atoms with Crippen LogP contribution in [0.3, 0.4) is 0 Å². The van der Waals surface area contributed by atoms with E-state index in [2.05, 4.69) is 42.1 Å². The van der Waals surface area contributed by atoms with Crippen LogP contribution in [0.15, 0.2) is 52.0 Å². The Morgan fingerprint density at radius 1 is 1.15 bits per heavy atom. The molecule has 0 unspecified atom stereocenters. The van der Waals surface area contributed by atoms with E-state index in [-0.39, 0.29) is 23.1 Å². The van der Waals surface area contributed by atoms with Crippen molar-refractivity contribution >= 4 is 22.7 Å². The SMILES string of the molecule is CC/C(C)=C\C=C/N=C(C)c1cnc2c(c1)cc(C(=O)NC1CCC(C)CC1)c(=O)n2CCN1CCOCC1. The topological polar surface area (TPSA) is 88.8 Å². The minimum absolute atomic E-state index is 0.113. The number of morpholine rings is 1. The van der Waals surface area contributed by atoms with Crippen molar-refractivity contribution in [3.8, 4) is 0 Å². The lowest BCUT2D eigenvalue weighted by Gasteiger charge is -2.27. The number of rotatable bonds is 9. The summed E-state index contributed by atoms with van der Waals surface area (Å²) < 4.78 is 7.13. The summed E-state index contributed by atoms with van der Waals surface area (Å²) in [5, 5.41) is 3.90. The number of hydrogen-bond acceptors (Lipinski definition) is 6. The van der Waals surface area contributed by atoms with Crippen molar-refractivity contribution in [2.45, 2.75) is 72.4 Å². The zero-order chi connectivity index (χ0) is 27.8. The van der Waals surface area contributed by atoms with Gasteiger partial charge in [0.1, 0.15) is 11.2 Å². The number of pyridine rings is 2. The van der Waals surface area contributed by atoms with Gasteiger partial charge in [-0.15, -0.1) is 0 Å². The number of amides is 1. The fourth-order valence-electron chi connectivity index (χ4n) is 5.12. The Kier molecular flexibility index (Phi) is 10.2. The number of nitrogens with one attached hydrogen (secondary N) is 1. The first-order valence-electron chi connectivity index (χ1n) is 14.4. The van der Waals surface area contributed by atoms with Crippen LogP contribution in [-0.4, -0.2) is 65.0 Å². The first-order chi connectivity index (χ1) is 18.9. The molecule has 3 heterocycles. The van der Waals surface area contributed by atoms with Crippen LogP contribution in [0.4, 0.5) is 0 Å². The summed E-state index contributed by atoms with van der Waals surface area (Å²) in [4.78, 5) is 38.6. The predicted molar refractivity (Wildman–Crippen MR) is 158 cm³/mol. The highest BCUT2D eigenvalue weighted by Gasteiger charge is 2.23. The molecular formula is C31H43N5O3. The van der Waals surface area contributed by atoms with Gasteiger partial charge in [-0.05, 0) is 70.1 Å². The quantitative estimate of drug-likeness (QED) is 0.372. The van der Waals surface area contributed by atoms with Crippen molar-refractivity contribution < 1.29 is 9.53 Å². The highest BCUT2D eigenvalue weighted by atomic mass is 16.5. The predicted octanol–water partition coefficient (Wildman–Crippen LogP) is 4.72. The van der Waals surface area contributed by atoms with Crippen LogP contribution in [0.1, 0.15) is 75.7 Å². The average Bonchev–Trinajstić information content (AvgIpc) is 2.95. The fraction of sp³-hybridized carbons (Fsp3) is 0.548. The van der Waals surface area contributed by atoms with Crippen LogP contribution >= 0.6 is 0 Å². The highest BCUT2D eigenvalue weighted by Crippen LogP contribution is 2.24. The van der Waals surface area contributed by atoms with E-state index in [1.54, 1.807) is 23.0 Å². The first kappa shape index (κ1) is 28.9. The van der Waals surface area contributed by atoms with Gasteiger partial charge in [-0.2, -0.15) is 0 Å². The van der Waals surface area contributed by atoms with E-state index in [1.807, 2.05) is 19.1 Å². The molecule has 1 saturated carbocycles. The van der Waals surface area contributed by atoms with Gasteiger partial charge < -0.3 is 10.1 Å². The van der Waals surface area contributed by atoms with Crippen LogP contribution in [0.5, 0.6) is 0 Å². The number of aliphatic imine (C=N–C) groups is 1. The molecule has 1 aliphatic carbocycles. The Hall–Kier alpha value is -3.10. The van der Waals surface area contributed by atoms with E-state index >= 15 is 0 Å². The number of aromatic nitrogens is 2. The molecule has 1 amide bonds. The zero-order valence-corrected chi connectivity index (χ0v) is 23.9. The number of hydrogen-bond donors (Lipinski definition) is 1. The number of nitrogens with zero attached hydrogens (tertiary/aromatic N) is 4. The molecule has 1 saturated heterocycles. The molecule has 0 bridgehead atoms. The lowest BCUT2D eigenvalue weighted by Crippen LogP contribution is -2.42. The molecule has 8 nitrogen and oxygen atoms in total. The molecule has 2 aromatic rings. The van der Waals surface area contributed by atoms with E-state index < -0.39 is 0 Å². The second kappa shape index (κ2) is 13.8. The summed E-state index contributed by atoms with van der Waals surface area (Å²) in [6, 6.07) is 3.80. The monoisotopic (exact) mass is 533 g/mol. The Morgan fingerprint density at radius 2 is 1.90 bits per heavy atom. The first-order valence-corrected chi connectivity index (χ1v) is 14.4. The third-order valence-electron chi connectivity index (χ3n) is 7.98. The Labute approximate surface area is 231 Å². The maximum Gasteiger partial charge on any atom is 0.265 e. The van der Waals surface area contributed by atoms with Crippen molar-refractivity contribution in [3.63, 3.8) is 0 Å². The molecule has 0 atom stereocenters. The summed E-state index contributed by atoms with van der Waals surface area (Å²) in [6.07, 6.45) is 12.6. The van der Waals surface area contributed by atoms with Crippen LogP contribution in [-0.2, 0) is 11.3 Å². The van der Waals surface area contributed by atoms with Crippen LogP contribution in [0.25, 0.3) is 11.0 Å². The van der Waals surface area contributed by atoms with Crippen molar-refractivity contribution in [3.05, 3.63) is 63.7 Å². The largest absolute Gasteiger partial charge is 0.379 e. The number of carbonyl (C=O) groups is 1. The van der Waals surface area contributed by atoms with Gasteiger partial charge in [0.25, 0.3) is 11.5 Å². The summed E-state index contributed by atoms with van der Waals surface area (Å²) in [7, 11) is 0. The Balaban J connectivity index is 1.65. The molecule has 4 rings (SSSR count). The van der Waals surface area contributed by atoms with Crippen molar-refractivity contribution in [2.75, 3.05) is 32.8 Å². The maximum absolute atomic E-state index is 13.6. The summed E-state index contributed by atoms with van der Waals surface area (Å²) in [6.45, 7) is 12.6. The second-order valence-corrected chi connectivity index (χ2v) is 11.0. The van der Waals surface area contributed by atoms with Gasteiger partial charge in [0.15, 0.2) is 0 Å². The molecule has 2 fully saturated rings. The van der Waals surface area contributed by atoms with Gasteiger partial charge in [-0.1, -0.05) is 25.5 Å². The number of carbonyl (C=O) groups excluding carboxylic acids is 1. The van der Waals surface area contributed by atoms with Crippen molar-refractivity contribution in [2.24, 2.45) is 10.9 Å². The molecule has 1 aliphatic heterocycles. The van der Waals surface area contributed by atoms with E-state index in [1.165, 1.54) is 5.57 Å². The van der Waals surface area contributed by atoms with Crippen LogP contribution < -0.4 is 10.9 Å². The average molecular weight is 534 g/mol. The van der Waals surface area contributed by atoms with Gasteiger partial charge in [0.05, 0.1) is 13.2 Å². The van der Waals surface area contributed by atoms with Crippen LogP contribution in [0, 0.1) is 5.92 Å². The van der Waals surface area contributed by atoms with Crippen LogP contribution in [0.2, 0.25) is 0 Å². The van der Waals surface area contributed by atoms with Gasteiger partial charge in [-0.25, -0.2) is 4.98 Å². The molecule has 1 N–H and O–H groups in total. The molecular weight excluding hydrogens is 490 g/mol. The van der Waals surface area contributed by atoms with Gasteiger partial charge >= 0.3 is 0 Å². The summed E-state index contributed by atoms with van der Waals surface area (Å²) in [5.41, 5.74) is 3.44. The van der Waals surface area contributed by atoms with Gasteiger partial charge in [0, 0.05) is 61.3 Å². The number of fused-ring (bicyclic) bond motifs is 1. The van der Waals surface area contributed by atoms with Crippen molar-refractivity contribution in [1.29, 1.82) is 0 Å². The third-order valence-corrected chi connectivity index (χ3v) is 7.98. The Bertz CT molecular complexity index is 1300. The molecule has 2 aliphatic rings. The van der Waals surface area contributed by atoms with Crippen molar-refractivity contribution in [1.82, 2.24) is 19.8 Å². The minimum Gasteiger partial charge on any atom is -0.379 e. The normalized spacial score (nSPS) is 21.5. The fourth-order valence-corrected chi connectivity index (χ4v) is 5.12.